The molecule has 0 fully saturated rings. The van der Waals surface area contributed by atoms with Crippen molar-refractivity contribution in [1.29, 1.82) is 0 Å². The lowest BCUT2D eigenvalue weighted by atomic mass is 10.1. The molecule has 0 bridgehead atoms. The van der Waals surface area contributed by atoms with Crippen LogP contribution in [0.25, 0.3) is 0 Å². The Hall–Kier alpha value is -1.47. The molecule has 1 N–H and O–H groups in total. The van der Waals surface area contributed by atoms with Crippen LogP contribution in [0.4, 0.5) is 5.69 Å². The fourth-order valence-electron chi connectivity index (χ4n) is 1.75. The fraction of sp³-hybridized carbons (Fsp3) is 0.538. The second-order valence-electron chi connectivity index (χ2n) is 4.60. The van der Waals surface area contributed by atoms with Crippen molar-refractivity contribution in [3.8, 4) is 5.75 Å². The van der Waals surface area contributed by atoms with E-state index < -0.39 is 15.7 Å². The minimum absolute atomic E-state index is 0.0462. The number of hydrogen-bond acceptors (Lipinski definition) is 5. The lowest BCUT2D eigenvalue weighted by Gasteiger charge is -2.14. The summed E-state index contributed by atoms with van der Waals surface area (Å²) in [6, 6.07) is 4.71. The molecule has 0 aliphatic rings. The van der Waals surface area contributed by atoms with Gasteiger partial charge in [-0.2, -0.15) is 0 Å². The molecular formula is C13H20N2O4S. The zero-order valence-electron chi connectivity index (χ0n) is 11.9. The van der Waals surface area contributed by atoms with Gasteiger partial charge in [-0.3, -0.25) is 14.3 Å². The number of nitrogens with one attached hydrogen (secondary N) is 1. The van der Waals surface area contributed by atoms with Gasteiger partial charge in [-0.1, -0.05) is 0 Å². The standard InChI is InChI=1S/C13H20N2O4S/c1-10(6-7-20(3)18)14-9-11-8-12(15(16)17)4-5-13(11)19-2/h4-5,8,10,14H,6-7,9H2,1-3H3. The van der Waals surface area contributed by atoms with E-state index in [1.807, 2.05) is 6.92 Å². The van der Waals surface area contributed by atoms with Crippen LogP contribution in [0.15, 0.2) is 18.2 Å². The van der Waals surface area contributed by atoms with Crippen molar-refractivity contribution in [3.05, 3.63) is 33.9 Å². The van der Waals surface area contributed by atoms with Crippen LogP contribution in [0.3, 0.4) is 0 Å². The van der Waals surface area contributed by atoms with Gasteiger partial charge in [0.15, 0.2) is 0 Å². The summed E-state index contributed by atoms with van der Waals surface area (Å²) in [5.41, 5.74) is 0.788. The second kappa shape index (κ2) is 7.96. The van der Waals surface area contributed by atoms with Crippen molar-refractivity contribution in [2.24, 2.45) is 0 Å². The molecule has 1 aromatic carbocycles. The first-order valence-electron chi connectivity index (χ1n) is 6.28. The highest BCUT2D eigenvalue weighted by atomic mass is 32.2. The largest absolute Gasteiger partial charge is 0.496 e. The Bertz CT molecular complexity index is 493. The number of hydrogen-bond donors (Lipinski definition) is 1. The SMILES string of the molecule is COc1ccc([N+](=O)[O-])cc1CNC(C)CCS(C)=O. The summed E-state index contributed by atoms with van der Waals surface area (Å²) in [7, 11) is 0.732. The van der Waals surface area contributed by atoms with E-state index in [1.165, 1.54) is 19.2 Å². The Morgan fingerprint density at radius 1 is 1.50 bits per heavy atom. The number of benzene rings is 1. The van der Waals surface area contributed by atoms with E-state index >= 15 is 0 Å². The summed E-state index contributed by atoms with van der Waals surface area (Å²) in [6.45, 7) is 2.47. The number of nitro benzene ring substituents is 1. The third-order valence-electron chi connectivity index (χ3n) is 2.95. The highest BCUT2D eigenvalue weighted by Gasteiger charge is 2.12. The van der Waals surface area contributed by atoms with E-state index in [4.69, 9.17) is 4.74 Å². The van der Waals surface area contributed by atoms with E-state index in [0.717, 1.165) is 12.0 Å². The van der Waals surface area contributed by atoms with Gasteiger partial charge in [0.2, 0.25) is 0 Å². The molecule has 7 heteroatoms. The van der Waals surface area contributed by atoms with Gasteiger partial charge >= 0.3 is 0 Å². The first kappa shape index (κ1) is 16.6. The smallest absolute Gasteiger partial charge is 0.270 e. The van der Waals surface area contributed by atoms with Crippen LogP contribution < -0.4 is 10.1 Å². The van der Waals surface area contributed by atoms with Crippen LogP contribution in [0.2, 0.25) is 0 Å². The van der Waals surface area contributed by atoms with Gasteiger partial charge in [-0.15, -0.1) is 0 Å². The molecule has 0 aliphatic carbocycles. The number of rotatable bonds is 8. The highest BCUT2D eigenvalue weighted by Crippen LogP contribution is 2.23. The van der Waals surface area contributed by atoms with E-state index in [1.54, 1.807) is 12.3 Å². The van der Waals surface area contributed by atoms with E-state index in [0.29, 0.717) is 18.0 Å². The molecule has 20 heavy (non-hydrogen) atoms. The zero-order valence-corrected chi connectivity index (χ0v) is 12.7. The molecule has 0 heterocycles. The van der Waals surface area contributed by atoms with Crippen LogP contribution >= 0.6 is 0 Å². The first-order valence-corrected chi connectivity index (χ1v) is 8.01. The third kappa shape index (κ3) is 5.26. The maximum Gasteiger partial charge on any atom is 0.270 e. The molecule has 1 rings (SSSR count). The number of ether oxygens (including phenoxy) is 1. The van der Waals surface area contributed by atoms with Crippen LogP contribution in [0, 0.1) is 10.1 Å². The lowest BCUT2D eigenvalue weighted by Crippen LogP contribution is -2.27. The molecule has 0 radical (unpaired) electrons. The predicted molar refractivity (Wildman–Crippen MR) is 79.5 cm³/mol. The molecule has 2 unspecified atom stereocenters. The minimum Gasteiger partial charge on any atom is -0.496 e. The quantitative estimate of drug-likeness (QED) is 0.585. The summed E-state index contributed by atoms with van der Waals surface area (Å²) in [6.07, 6.45) is 2.47. The van der Waals surface area contributed by atoms with Crippen molar-refractivity contribution < 1.29 is 13.9 Å². The first-order chi connectivity index (χ1) is 9.43. The molecule has 112 valence electrons. The number of nitrogens with zero attached hydrogens (tertiary/aromatic N) is 1. The van der Waals surface area contributed by atoms with Gasteiger partial charge in [0, 0.05) is 53.1 Å². The Labute approximate surface area is 121 Å². The predicted octanol–water partition coefficient (Wildman–Crippen LogP) is 1.85. The zero-order chi connectivity index (χ0) is 15.1. The Morgan fingerprint density at radius 3 is 2.75 bits per heavy atom. The van der Waals surface area contributed by atoms with Crippen molar-refractivity contribution in [2.75, 3.05) is 19.1 Å². The van der Waals surface area contributed by atoms with Gasteiger partial charge in [-0.05, 0) is 19.4 Å². The fourth-order valence-corrected chi connectivity index (χ4v) is 2.43. The van der Waals surface area contributed by atoms with Crippen LogP contribution in [0.5, 0.6) is 5.75 Å². The average molecular weight is 300 g/mol. The normalized spacial score (nSPS) is 13.8. The van der Waals surface area contributed by atoms with E-state index in [2.05, 4.69) is 5.32 Å². The van der Waals surface area contributed by atoms with Crippen molar-refractivity contribution >= 4 is 16.5 Å². The maximum absolute atomic E-state index is 11.0. The molecule has 0 saturated heterocycles. The molecule has 6 nitrogen and oxygen atoms in total. The summed E-state index contributed by atoms with van der Waals surface area (Å²) in [5.74, 6) is 1.26. The molecule has 0 aromatic heterocycles. The molecule has 0 spiro atoms. The highest BCUT2D eigenvalue weighted by molar-refractivity contribution is 7.84. The van der Waals surface area contributed by atoms with Gasteiger partial charge in [-0.25, -0.2) is 0 Å². The number of non-ortho nitro benzene ring substituents is 1. The van der Waals surface area contributed by atoms with Gasteiger partial charge in [0.25, 0.3) is 5.69 Å². The average Bonchev–Trinajstić information content (AvgIpc) is 2.42. The lowest BCUT2D eigenvalue weighted by molar-refractivity contribution is -0.384. The third-order valence-corrected chi connectivity index (χ3v) is 3.76. The molecule has 0 aliphatic heterocycles. The molecular weight excluding hydrogens is 280 g/mol. The maximum atomic E-state index is 11.0. The number of methoxy groups -OCH3 is 1. The molecule has 0 saturated carbocycles. The van der Waals surface area contributed by atoms with Gasteiger partial charge in [0.05, 0.1) is 12.0 Å². The van der Waals surface area contributed by atoms with Gasteiger partial charge in [0.1, 0.15) is 5.75 Å². The monoisotopic (exact) mass is 300 g/mol. The Balaban J connectivity index is 2.67. The Kier molecular flexibility index (Phi) is 6.60. The minimum atomic E-state index is -0.804. The molecule has 2 atom stereocenters. The molecule has 1 aromatic rings. The van der Waals surface area contributed by atoms with E-state index in [9.17, 15) is 14.3 Å². The molecule has 0 amide bonds. The summed E-state index contributed by atoms with van der Waals surface area (Å²) in [4.78, 5) is 10.4. The van der Waals surface area contributed by atoms with Crippen LogP contribution in [0.1, 0.15) is 18.9 Å². The topological polar surface area (TPSA) is 81.5 Å². The van der Waals surface area contributed by atoms with E-state index in [-0.39, 0.29) is 11.7 Å². The van der Waals surface area contributed by atoms with Gasteiger partial charge < -0.3 is 10.1 Å². The summed E-state index contributed by atoms with van der Waals surface area (Å²) in [5, 5.41) is 14.0. The van der Waals surface area contributed by atoms with Crippen molar-refractivity contribution in [2.45, 2.75) is 25.9 Å². The second-order valence-corrected chi connectivity index (χ2v) is 6.16. The van der Waals surface area contributed by atoms with Crippen LogP contribution in [-0.2, 0) is 17.3 Å². The van der Waals surface area contributed by atoms with Crippen LogP contribution in [-0.4, -0.2) is 34.3 Å². The summed E-state index contributed by atoms with van der Waals surface area (Å²) < 4.78 is 16.2. The summed E-state index contributed by atoms with van der Waals surface area (Å²) >= 11 is 0. The Morgan fingerprint density at radius 2 is 2.20 bits per heavy atom. The number of nitro groups is 1. The van der Waals surface area contributed by atoms with Crippen molar-refractivity contribution in [3.63, 3.8) is 0 Å². The van der Waals surface area contributed by atoms with Crippen molar-refractivity contribution in [1.82, 2.24) is 5.32 Å².